The molecule has 0 heterocycles. The van der Waals surface area contributed by atoms with E-state index < -0.39 is 17.8 Å². The Hall–Kier alpha value is -1.42. The molecule has 3 nitrogen and oxygen atoms in total. The van der Waals surface area contributed by atoms with Crippen LogP contribution in [0.15, 0.2) is 59.8 Å². The van der Waals surface area contributed by atoms with Gasteiger partial charge in [0, 0.05) is 6.42 Å². The molecule has 0 spiro atoms. The van der Waals surface area contributed by atoms with Gasteiger partial charge in [0.25, 0.3) is 0 Å². The van der Waals surface area contributed by atoms with Crippen LogP contribution in [0.2, 0.25) is 0 Å². The molecule has 0 saturated heterocycles. The van der Waals surface area contributed by atoms with Crippen LogP contribution in [0.3, 0.4) is 0 Å². The van der Waals surface area contributed by atoms with E-state index in [0.29, 0.717) is 36.0 Å². The Morgan fingerprint density at radius 1 is 1.15 bits per heavy atom. The Kier molecular flexibility index (Phi) is 8.64. The van der Waals surface area contributed by atoms with Crippen LogP contribution in [0, 0.1) is 23.2 Å². The van der Waals surface area contributed by atoms with Crippen LogP contribution in [0.4, 0.5) is 0 Å². The highest BCUT2D eigenvalue weighted by atomic mass is 16.3. The van der Waals surface area contributed by atoms with Crippen molar-refractivity contribution in [2.75, 3.05) is 0 Å². The maximum atomic E-state index is 10.5. The van der Waals surface area contributed by atoms with Crippen molar-refractivity contribution < 1.29 is 15.3 Å². The fourth-order valence-corrected chi connectivity index (χ4v) is 6.70. The summed E-state index contributed by atoms with van der Waals surface area (Å²) in [5.41, 5.74) is 2.92. The first kappa shape index (κ1) is 26.2. The fraction of sp³-hybridized carbons (Fsp3) is 0.667. The largest absolute Gasteiger partial charge is 0.393 e. The topological polar surface area (TPSA) is 60.7 Å². The van der Waals surface area contributed by atoms with Crippen LogP contribution < -0.4 is 0 Å². The SMILES string of the molecule is C=C1C(=CC=C2CCCC3(C)C2CCC3C(C)C=CC=CC(O)(CC)CC)CC(O)CC1O. The molecular weight excluding hydrogens is 408 g/mol. The van der Waals surface area contributed by atoms with Crippen molar-refractivity contribution >= 4 is 0 Å². The summed E-state index contributed by atoms with van der Waals surface area (Å²) in [5, 5.41) is 30.7. The van der Waals surface area contributed by atoms with Crippen LogP contribution in [0.5, 0.6) is 0 Å². The zero-order valence-corrected chi connectivity index (χ0v) is 21.3. The predicted octanol–water partition coefficient (Wildman–Crippen LogP) is 6.43. The number of hydrogen-bond donors (Lipinski definition) is 3. The highest BCUT2D eigenvalue weighted by Gasteiger charge is 2.50. The molecule has 33 heavy (non-hydrogen) atoms. The molecule has 6 unspecified atom stereocenters. The van der Waals surface area contributed by atoms with Crippen LogP contribution in [-0.2, 0) is 0 Å². The van der Waals surface area contributed by atoms with Gasteiger partial charge in [-0.1, -0.05) is 76.3 Å². The minimum absolute atomic E-state index is 0.312. The van der Waals surface area contributed by atoms with Crippen molar-refractivity contribution in [3.8, 4) is 0 Å². The summed E-state index contributed by atoms with van der Waals surface area (Å²) in [5.74, 6) is 1.77. The second-order valence-electron chi connectivity index (χ2n) is 11.1. The predicted molar refractivity (Wildman–Crippen MR) is 138 cm³/mol. The second-order valence-corrected chi connectivity index (χ2v) is 11.1. The number of allylic oxidation sites excluding steroid dienone is 6. The zero-order chi connectivity index (χ0) is 24.2. The first-order chi connectivity index (χ1) is 15.6. The average molecular weight is 455 g/mol. The smallest absolute Gasteiger partial charge is 0.0825 e. The molecule has 0 bridgehead atoms. The quantitative estimate of drug-likeness (QED) is 0.389. The number of fused-ring (bicyclic) bond motifs is 1. The Morgan fingerprint density at radius 3 is 2.58 bits per heavy atom. The minimum atomic E-state index is -0.689. The van der Waals surface area contributed by atoms with Gasteiger partial charge in [-0.25, -0.2) is 0 Å². The summed E-state index contributed by atoms with van der Waals surface area (Å²) < 4.78 is 0. The Morgan fingerprint density at radius 2 is 1.88 bits per heavy atom. The lowest BCUT2D eigenvalue weighted by Crippen LogP contribution is -2.35. The van der Waals surface area contributed by atoms with Gasteiger partial charge in [0.2, 0.25) is 0 Å². The van der Waals surface area contributed by atoms with Crippen molar-refractivity contribution in [2.24, 2.45) is 23.2 Å². The fourth-order valence-electron chi connectivity index (χ4n) is 6.70. The van der Waals surface area contributed by atoms with E-state index in [1.54, 1.807) is 0 Å². The summed E-state index contributed by atoms with van der Waals surface area (Å²) in [4.78, 5) is 0. The molecular formula is C30H46O3. The lowest BCUT2D eigenvalue weighted by atomic mass is 9.61. The van der Waals surface area contributed by atoms with E-state index in [1.807, 2.05) is 26.0 Å². The molecule has 0 aromatic carbocycles. The van der Waals surface area contributed by atoms with Crippen LogP contribution in [0.1, 0.15) is 85.5 Å². The standard InChI is InChI=1S/C30H46O3/c1-6-30(33,7-2)18-9-8-11-21(3)26-15-16-27-23(12-10-17-29(26,27)5)13-14-24-19-25(31)20-28(32)22(24)4/h8-9,11,13-14,18,21,25-28,31-33H,4,6-7,10,12,15-17,19-20H2,1-3,5H3. The molecule has 0 aliphatic heterocycles. The van der Waals surface area contributed by atoms with Gasteiger partial charge in [-0.15, -0.1) is 0 Å². The third kappa shape index (κ3) is 5.81. The van der Waals surface area contributed by atoms with Crippen molar-refractivity contribution in [3.63, 3.8) is 0 Å². The molecule has 3 aliphatic carbocycles. The minimum Gasteiger partial charge on any atom is -0.393 e. The van der Waals surface area contributed by atoms with Crippen molar-refractivity contribution in [3.05, 3.63) is 59.8 Å². The molecule has 3 rings (SSSR count). The molecule has 3 heteroatoms. The monoisotopic (exact) mass is 454 g/mol. The van der Waals surface area contributed by atoms with Gasteiger partial charge >= 0.3 is 0 Å². The summed E-state index contributed by atoms with van der Waals surface area (Å²) in [6, 6.07) is 0. The summed E-state index contributed by atoms with van der Waals surface area (Å²) >= 11 is 0. The van der Waals surface area contributed by atoms with Gasteiger partial charge in [-0.2, -0.15) is 0 Å². The molecule has 3 aliphatic rings. The highest BCUT2D eigenvalue weighted by Crippen LogP contribution is 2.59. The molecule has 3 N–H and O–H groups in total. The van der Waals surface area contributed by atoms with E-state index in [2.05, 4.69) is 44.7 Å². The lowest BCUT2D eigenvalue weighted by Gasteiger charge is -2.44. The Labute approximate surface area is 201 Å². The van der Waals surface area contributed by atoms with Crippen molar-refractivity contribution in [1.29, 1.82) is 0 Å². The molecule has 0 aromatic heterocycles. The number of hydrogen-bond acceptors (Lipinski definition) is 3. The van der Waals surface area contributed by atoms with Gasteiger partial charge in [0.05, 0.1) is 17.8 Å². The first-order valence-electron chi connectivity index (χ1n) is 13.2. The molecule has 0 radical (unpaired) electrons. The van der Waals surface area contributed by atoms with E-state index in [4.69, 9.17) is 0 Å². The molecule has 6 atom stereocenters. The second kappa shape index (κ2) is 10.9. The molecule has 184 valence electrons. The molecule has 3 saturated carbocycles. The lowest BCUT2D eigenvalue weighted by molar-refractivity contribution is 0.0827. The van der Waals surface area contributed by atoms with Gasteiger partial charge in [-0.3, -0.25) is 0 Å². The van der Waals surface area contributed by atoms with Gasteiger partial charge in [0.15, 0.2) is 0 Å². The number of rotatable bonds is 7. The van der Waals surface area contributed by atoms with E-state index in [1.165, 1.54) is 31.3 Å². The zero-order valence-electron chi connectivity index (χ0n) is 21.3. The summed E-state index contributed by atoms with van der Waals surface area (Å²) in [6.07, 6.45) is 20.3. The van der Waals surface area contributed by atoms with Gasteiger partial charge in [-0.05, 0) is 85.7 Å². The molecule has 0 amide bonds. The Bertz CT molecular complexity index is 812. The maximum absolute atomic E-state index is 10.5. The van der Waals surface area contributed by atoms with E-state index in [9.17, 15) is 15.3 Å². The third-order valence-corrected chi connectivity index (χ3v) is 9.09. The normalized spacial score (nSPS) is 36.9. The highest BCUT2D eigenvalue weighted by molar-refractivity contribution is 5.38. The summed E-state index contributed by atoms with van der Waals surface area (Å²) in [6.45, 7) is 13.0. The maximum Gasteiger partial charge on any atom is 0.0825 e. The Balaban J connectivity index is 1.72. The first-order valence-corrected chi connectivity index (χ1v) is 13.2. The van der Waals surface area contributed by atoms with E-state index in [0.717, 1.165) is 30.4 Å². The third-order valence-electron chi connectivity index (χ3n) is 9.09. The average Bonchev–Trinajstić information content (AvgIpc) is 3.15. The van der Waals surface area contributed by atoms with Crippen LogP contribution >= 0.6 is 0 Å². The molecule has 0 aromatic rings. The van der Waals surface area contributed by atoms with Gasteiger partial charge in [0.1, 0.15) is 0 Å². The van der Waals surface area contributed by atoms with Crippen LogP contribution in [-0.4, -0.2) is 33.1 Å². The van der Waals surface area contributed by atoms with Crippen molar-refractivity contribution in [2.45, 2.75) is 103 Å². The van der Waals surface area contributed by atoms with E-state index >= 15 is 0 Å². The van der Waals surface area contributed by atoms with Crippen molar-refractivity contribution in [1.82, 2.24) is 0 Å². The van der Waals surface area contributed by atoms with Crippen LogP contribution in [0.25, 0.3) is 0 Å². The summed E-state index contributed by atoms with van der Waals surface area (Å²) in [7, 11) is 0. The number of aliphatic hydroxyl groups excluding tert-OH is 2. The molecule has 3 fully saturated rings. The van der Waals surface area contributed by atoms with E-state index in [-0.39, 0.29) is 0 Å². The number of aliphatic hydroxyl groups is 3. The van der Waals surface area contributed by atoms with Gasteiger partial charge < -0.3 is 15.3 Å².